The smallest absolute Gasteiger partial charge is 0.254 e. The Bertz CT molecular complexity index is 508. The van der Waals surface area contributed by atoms with E-state index in [4.69, 9.17) is 0 Å². The molecule has 0 radical (unpaired) electrons. The summed E-state index contributed by atoms with van der Waals surface area (Å²) in [6, 6.07) is 6.46. The van der Waals surface area contributed by atoms with Gasteiger partial charge in [0.1, 0.15) is 0 Å². The zero-order valence-corrected chi connectivity index (χ0v) is 13.7. The topological polar surface area (TPSA) is 20.3 Å². The molecule has 3 rings (SSSR count). The van der Waals surface area contributed by atoms with Crippen molar-refractivity contribution < 1.29 is 4.79 Å². The Labute approximate surface area is 129 Å². The van der Waals surface area contributed by atoms with E-state index in [0.29, 0.717) is 6.04 Å². The molecule has 1 atom stereocenters. The Morgan fingerprint density at radius 1 is 1.20 bits per heavy atom. The molecule has 1 saturated heterocycles. The van der Waals surface area contributed by atoms with E-state index in [1.807, 2.05) is 18.2 Å². The van der Waals surface area contributed by atoms with Crippen LogP contribution in [-0.4, -0.2) is 23.4 Å². The fraction of sp³-hybridized carbons (Fsp3) is 0.588. The van der Waals surface area contributed by atoms with Crippen LogP contribution in [0.2, 0.25) is 0 Å². The molecule has 0 N–H and O–H groups in total. The molecular formula is C17H22BrNO. The van der Waals surface area contributed by atoms with Gasteiger partial charge in [0.15, 0.2) is 0 Å². The summed E-state index contributed by atoms with van der Waals surface area (Å²) in [4.78, 5) is 14.9. The maximum Gasteiger partial charge on any atom is 0.254 e. The van der Waals surface area contributed by atoms with Crippen molar-refractivity contribution in [2.24, 2.45) is 5.92 Å². The van der Waals surface area contributed by atoms with Crippen molar-refractivity contribution in [2.75, 3.05) is 6.54 Å². The highest BCUT2D eigenvalue weighted by molar-refractivity contribution is 9.10. The average Bonchev–Trinajstić information content (AvgIpc) is 3.10. The van der Waals surface area contributed by atoms with Crippen LogP contribution in [0.15, 0.2) is 22.7 Å². The van der Waals surface area contributed by atoms with E-state index >= 15 is 0 Å². The lowest BCUT2D eigenvalue weighted by Gasteiger charge is -2.29. The first-order chi connectivity index (χ1) is 9.66. The number of rotatable bonds is 2. The highest BCUT2D eigenvalue weighted by Crippen LogP contribution is 2.36. The molecular weight excluding hydrogens is 314 g/mol. The quantitative estimate of drug-likeness (QED) is 0.776. The number of amides is 1. The number of benzene rings is 1. The van der Waals surface area contributed by atoms with E-state index in [9.17, 15) is 4.79 Å². The predicted octanol–water partition coefficient (Wildman–Crippen LogP) is 4.55. The number of nitrogens with zero attached hydrogens (tertiary/aromatic N) is 1. The number of carbonyl (C=O) groups excluding carboxylic acids is 1. The molecule has 1 aromatic rings. The van der Waals surface area contributed by atoms with Crippen molar-refractivity contribution in [3.8, 4) is 0 Å². The number of hydrogen-bond donors (Lipinski definition) is 0. The van der Waals surface area contributed by atoms with Gasteiger partial charge in [0, 0.05) is 22.6 Å². The van der Waals surface area contributed by atoms with E-state index in [1.165, 1.54) is 44.1 Å². The number of likely N-dealkylation sites (tertiary alicyclic amines) is 1. The van der Waals surface area contributed by atoms with E-state index < -0.39 is 0 Å². The summed E-state index contributed by atoms with van der Waals surface area (Å²) < 4.78 is 1.03. The first-order valence-corrected chi connectivity index (χ1v) is 8.53. The zero-order chi connectivity index (χ0) is 14.1. The first-order valence-electron chi connectivity index (χ1n) is 7.74. The van der Waals surface area contributed by atoms with Gasteiger partial charge in [0.25, 0.3) is 5.91 Å². The minimum absolute atomic E-state index is 0.222. The van der Waals surface area contributed by atoms with Crippen LogP contribution in [0.4, 0.5) is 0 Å². The minimum atomic E-state index is 0.222. The van der Waals surface area contributed by atoms with Crippen LogP contribution >= 0.6 is 15.9 Å². The maximum atomic E-state index is 12.8. The Hall–Kier alpha value is -0.830. The molecule has 2 fully saturated rings. The third-order valence-corrected chi connectivity index (χ3v) is 5.78. The highest BCUT2D eigenvalue weighted by atomic mass is 79.9. The molecule has 1 unspecified atom stereocenters. The molecule has 3 heteroatoms. The summed E-state index contributed by atoms with van der Waals surface area (Å²) in [6.07, 6.45) is 7.68. The van der Waals surface area contributed by atoms with E-state index in [2.05, 4.69) is 27.8 Å². The molecule has 0 aromatic heterocycles. The van der Waals surface area contributed by atoms with Crippen LogP contribution in [0.25, 0.3) is 0 Å². The number of hydrogen-bond acceptors (Lipinski definition) is 1. The summed E-state index contributed by atoms with van der Waals surface area (Å²) in [5, 5.41) is 0. The summed E-state index contributed by atoms with van der Waals surface area (Å²) in [6.45, 7) is 2.99. The summed E-state index contributed by atoms with van der Waals surface area (Å²) in [5.41, 5.74) is 2.00. The molecule has 0 spiro atoms. The number of carbonyl (C=O) groups is 1. The van der Waals surface area contributed by atoms with E-state index in [1.54, 1.807) is 0 Å². The normalized spacial score (nSPS) is 23.5. The van der Waals surface area contributed by atoms with Crippen LogP contribution in [-0.2, 0) is 0 Å². The van der Waals surface area contributed by atoms with Crippen LogP contribution in [0.5, 0.6) is 0 Å². The molecule has 1 amide bonds. The van der Waals surface area contributed by atoms with Crippen LogP contribution in [0.3, 0.4) is 0 Å². The van der Waals surface area contributed by atoms with Crippen molar-refractivity contribution in [2.45, 2.75) is 51.5 Å². The van der Waals surface area contributed by atoms with Crippen molar-refractivity contribution in [1.29, 1.82) is 0 Å². The van der Waals surface area contributed by atoms with Gasteiger partial charge < -0.3 is 4.90 Å². The van der Waals surface area contributed by atoms with E-state index in [-0.39, 0.29) is 5.91 Å². The van der Waals surface area contributed by atoms with Crippen LogP contribution < -0.4 is 0 Å². The van der Waals surface area contributed by atoms with Crippen LogP contribution in [0, 0.1) is 12.8 Å². The van der Waals surface area contributed by atoms with Gasteiger partial charge in [0.05, 0.1) is 0 Å². The average molecular weight is 336 g/mol. The molecule has 1 saturated carbocycles. The molecule has 108 valence electrons. The van der Waals surface area contributed by atoms with Gasteiger partial charge in [-0.2, -0.15) is 0 Å². The van der Waals surface area contributed by atoms with Gasteiger partial charge in [-0.05, 0) is 56.2 Å². The van der Waals surface area contributed by atoms with Crippen LogP contribution in [0.1, 0.15) is 54.4 Å². The van der Waals surface area contributed by atoms with E-state index in [0.717, 1.165) is 22.5 Å². The standard InChI is InChI=1S/C17H22BrNO/c1-12-8-9-14(11-15(12)18)17(20)19-10-4-7-16(19)13-5-2-3-6-13/h8-9,11,13,16H,2-7,10H2,1H3. The summed E-state index contributed by atoms with van der Waals surface area (Å²) in [7, 11) is 0. The van der Waals surface area contributed by atoms with Gasteiger partial charge in [-0.1, -0.05) is 34.8 Å². The van der Waals surface area contributed by atoms with Gasteiger partial charge in [-0.15, -0.1) is 0 Å². The first kappa shape index (κ1) is 14.1. The molecule has 1 aliphatic heterocycles. The van der Waals surface area contributed by atoms with Gasteiger partial charge >= 0.3 is 0 Å². The Morgan fingerprint density at radius 2 is 1.95 bits per heavy atom. The third-order valence-electron chi connectivity index (χ3n) is 4.92. The lowest BCUT2D eigenvalue weighted by molar-refractivity contribution is 0.0689. The number of halogens is 1. The summed E-state index contributed by atoms with van der Waals surface area (Å²) >= 11 is 3.53. The molecule has 1 aliphatic carbocycles. The molecule has 1 aromatic carbocycles. The zero-order valence-electron chi connectivity index (χ0n) is 12.1. The summed E-state index contributed by atoms with van der Waals surface area (Å²) in [5.74, 6) is 0.968. The second kappa shape index (κ2) is 5.88. The second-order valence-electron chi connectivity index (χ2n) is 6.22. The minimum Gasteiger partial charge on any atom is -0.335 e. The SMILES string of the molecule is Cc1ccc(C(=O)N2CCCC2C2CCCC2)cc1Br. The Morgan fingerprint density at radius 3 is 2.65 bits per heavy atom. The second-order valence-corrected chi connectivity index (χ2v) is 7.07. The molecule has 20 heavy (non-hydrogen) atoms. The fourth-order valence-corrected chi connectivity index (χ4v) is 4.15. The monoisotopic (exact) mass is 335 g/mol. The van der Waals surface area contributed by atoms with Crippen molar-refractivity contribution in [1.82, 2.24) is 4.90 Å². The molecule has 1 heterocycles. The Balaban J connectivity index is 1.79. The van der Waals surface area contributed by atoms with Gasteiger partial charge in [-0.25, -0.2) is 0 Å². The van der Waals surface area contributed by atoms with Crippen molar-refractivity contribution in [3.63, 3.8) is 0 Å². The lowest BCUT2D eigenvalue weighted by Crippen LogP contribution is -2.39. The van der Waals surface area contributed by atoms with Crippen molar-refractivity contribution >= 4 is 21.8 Å². The van der Waals surface area contributed by atoms with Gasteiger partial charge in [0.2, 0.25) is 0 Å². The maximum absolute atomic E-state index is 12.8. The largest absolute Gasteiger partial charge is 0.335 e. The predicted molar refractivity (Wildman–Crippen MR) is 84.9 cm³/mol. The molecule has 0 bridgehead atoms. The molecule has 2 aliphatic rings. The van der Waals surface area contributed by atoms with Gasteiger partial charge in [-0.3, -0.25) is 4.79 Å². The van der Waals surface area contributed by atoms with Crippen molar-refractivity contribution in [3.05, 3.63) is 33.8 Å². The lowest BCUT2D eigenvalue weighted by atomic mass is 9.95. The fourth-order valence-electron chi connectivity index (χ4n) is 3.77. The third kappa shape index (κ3) is 2.65. The highest BCUT2D eigenvalue weighted by Gasteiger charge is 2.36. The number of aryl methyl sites for hydroxylation is 1. The molecule has 2 nitrogen and oxygen atoms in total. The Kier molecular flexibility index (Phi) is 4.16.